The van der Waals surface area contributed by atoms with Crippen molar-refractivity contribution in [1.82, 2.24) is 0 Å². The number of hydrogen-bond acceptors (Lipinski definition) is 2. The molecule has 0 bridgehead atoms. The highest BCUT2D eigenvalue weighted by Crippen LogP contribution is 2.46. The number of nitrogens with zero attached hydrogens (tertiary/aromatic N) is 1. The summed E-state index contributed by atoms with van der Waals surface area (Å²) in [6.07, 6.45) is 3.55. The summed E-state index contributed by atoms with van der Waals surface area (Å²) < 4.78 is 1.01. The summed E-state index contributed by atoms with van der Waals surface area (Å²) in [5.74, 6) is 0. The van der Waals surface area contributed by atoms with Crippen molar-refractivity contribution >= 4 is 21.6 Å². The summed E-state index contributed by atoms with van der Waals surface area (Å²) >= 11 is 3.49. The Kier molecular flexibility index (Phi) is 4.16. The highest BCUT2D eigenvalue weighted by Gasteiger charge is 2.38. The van der Waals surface area contributed by atoms with Gasteiger partial charge in [-0.2, -0.15) is 5.26 Å². The Hall–Kier alpha value is -1.01. The van der Waals surface area contributed by atoms with Crippen LogP contribution < -0.4 is 5.32 Å². The number of rotatable bonds is 2. The van der Waals surface area contributed by atoms with Crippen molar-refractivity contribution < 1.29 is 0 Å². The van der Waals surface area contributed by atoms with Crippen LogP contribution in [0.2, 0.25) is 0 Å². The zero-order chi connectivity index (χ0) is 15.0. The lowest BCUT2D eigenvalue weighted by Crippen LogP contribution is -2.40. The van der Waals surface area contributed by atoms with Crippen LogP contribution in [-0.4, -0.2) is 6.04 Å². The molecule has 0 unspecified atom stereocenters. The fraction of sp³-hybridized carbons (Fsp3) is 0.588. The number of anilines is 1. The van der Waals surface area contributed by atoms with Crippen molar-refractivity contribution in [1.29, 1.82) is 5.26 Å². The van der Waals surface area contributed by atoms with Crippen molar-refractivity contribution in [2.24, 2.45) is 10.8 Å². The Balaban J connectivity index is 2.22. The maximum absolute atomic E-state index is 9.24. The molecule has 0 aliphatic heterocycles. The zero-order valence-corrected chi connectivity index (χ0v) is 14.3. The second-order valence-corrected chi connectivity index (χ2v) is 8.47. The second-order valence-electron chi connectivity index (χ2n) is 7.56. The van der Waals surface area contributed by atoms with E-state index in [2.05, 4.69) is 55.0 Å². The van der Waals surface area contributed by atoms with E-state index in [-0.39, 0.29) is 0 Å². The molecular formula is C17H23BrN2. The molecule has 0 spiro atoms. The van der Waals surface area contributed by atoms with Gasteiger partial charge < -0.3 is 5.32 Å². The van der Waals surface area contributed by atoms with Gasteiger partial charge in [0, 0.05) is 10.5 Å². The maximum Gasteiger partial charge on any atom is 0.101 e. The lowest BCUT2D eigenvalue weighted by atomic mass is 9.63. The molecule has 1 aliphatic rings. The lowest BCUT2D eigenvalue weighted by Gasteiger charge is -2.45. The first-order valence-corrected chi connectivity index (χ1v) is 7.96. The normalized spacial score (nSPS) is 21.2. The van der Waals surface area contributed by atoms with E-state index in [4.69, 9.17) is 0 Å². The van der Waals surface area contributed by atoms with Crippen LogP contribution in [0.5, 0.6) is 0 Å². The van der Waals surface area contributed by atoms with Crippen molar-refractivity contribution in [2.75, 3.05) is 5.32 Å². The lowest BCUT2D eigenvalue weighted by molar-refractivity contribution is 0.105. The van der Waals surface area contributed by atoms with Crippen LogP contribution >= 0.6 is 15.9 Å². The largest absolute Gasteiger partial charge is 0.381 e. The molecule has 108 valence electrons. The minimum atomic E-state index is 0.345. The average molecular weight is 335 g/mol. The number of nitrogens with one attached hydrogen (secondary N) is 1. The molecule has 20 heavy (non-hydrogen) atoms. The van der Waals surface area contributed by atoms with Gasteiger partial charge in [-0.05, 0) is 48.3 Å². The number of nitriles is 1. The Labute approximate surface area is 130 Å². The molecule has 2 rings (SSSR count). The van der Waals surface area contributed by atoms with E-state index < -0.39 is 0 Å². The van der Waals surface area contributed by atoms with Gasteiger partial charge in [0.25, 0.3) is 0 Å². The predicted octanol–water partition coefficient (Wildman–Crippen LogP) is 5.34. The molecule has 1 fully saturated rings. The van der Waals surface area contributed by atoms with Crippen LogP contribution in [-0.2, 0) is 0 Å². The standard InChI is InChI=1S/C17H23BrN2/c1-16(2)8-14(9-17(3,4)11-16)20-15-7-13(18)6-5-12(15)10-19/h5-7,14,20H,8-9,11H2,1-4H3. The van der Waals surface area contributed by atoms with Crippen molar-refractivity contribution in [3.63, 3.8) is 0 Å². The number of halogens is 1. The highest BCUT2D eigenvalue weighted by atomic mass is 79.9. The van der Waals surface area contributed by atoms with Gasteiger partial charge >= 0.3 is 0 Å². The SMILES string of the molecule is CC1(C)CC(Nc2cc(Br)ccc2C#N)CC(C)(C)C1. The topological polar surface area (TPSA) is 35.8 Å². The summed E-state index contributed by atoms with van der Waals surface area (Å²) in [7, 11) is 0. The van der Waals surface area contributed by atoms with E-state index >= 15 is 0 Å². The molecule has 1 saturated carbocycles. The summed E-state index contributed by atoms with van der Waals surface area (Å²) in [6.45, 7) is 9.37. The molecule has 2 nitrogen and oxygen atoms in total. The third kappa shape index (κ3) is 3.76. The van der Waals surface area contributed by atoms with Crippen LogP contribution in [0.25, 0.3) is 0 Å². The first kappa shape index (κ1) is 15.4. The third-order valence-electron chi connectivity index (χ3n) is 4.02. The van der Waals surface area contributed by atoms with E-state index in [0.29, 0.717) is 16.9 Å². The van der Waals surface area contributed by atoms with E-state index in [1.807, 2.05) is 18.2 Å². The van der Waals surface area contributed by atoms with Gasteiger partial charge in [0.05, 0.1) is 11.3 Å². The van der Waals surface area contributed by atoms with Crippen LogP contribution in [0.3, 0.4) is 0 Å². The van der Waals surface area contributed by atoms with Gasteiger partial charge in [-0.3, -0.25) is 0 Å². The van der Waals surface area contributed by atoms with Crippen molar-refractivity contribution in [3.05, 3.63) is 28.2 Å². The van der Waals surface area contributed by atoms with Crippen molar-refractivity contribution in [3.8, 4) is 6.07 Å². The summed E-state index contributed by atoms with van der Waals surface area (Å²) in [5, 5.41) is 12.8. The van der Waals surface area contributed by atoms with E-state index in [9.17, 15) is 5.26 Å². The Morgan fingerprint density at radius 1 is 1.20 bits per heavy atom. The zero-order valence-electron chi connectivity index (χ0n) is 12.8. The Morgan fingerprint density at radius 3 is 2.35 bits per heavy atom. The molecule has 3 heteroatoms. The minimum Gasteiger partial charge on any atom is -0.381 e. The fourth-order valence-corrected chi connectivity index (χ4v) is 4.26. The molecule has 0 amide bonds. The van der Waals surface area contributed by atoms with Gasteiger partial charge in [0.15, 0.2) is 0 Å². The smallest absolute Gasteiger partial charge is 0.101 e. The van der Waals surface area contributed by atoms with E-state index in [1.54, 1.807) is 0 Å². The summed E-state index contributed by atoms with van der Waals surface area (Å²) in [4.78, 5) is 0. The van der Waals surface area contributed by atoms with Crippen LogP contribution in [0.15, 0.2) is 22.7 Å². The molecule has 1 aliphatic carbocycles. The van der Waals surface area contributed by atoms with E-state index in [1.165, 1.54) is 6.42 Å². The molecule has 0 atom stereocenters. The number of hydrogen-bond donors (Lipinski definition) is 1. The first-order chi connectivity index (χ1) is 9.21. The molecule has 0 heterocycles. The first-order valence-electron chi connectivity index (χ1n) is 7.17. The molecule has 1 N–H and O–H groups in total. The summed E-state index contributed by atoms with van der Waals surface area (Å²) in [5.41, 5.74) is 2.35. The minimum absolute atomic E-state index is 0.345. The van der Waals surface area contributed by atoms with Gasteiger partial charge in [-0.1, -0.05) is 43.6 Å². The molecule has 1 aromatic carbocycles. The van der Waals surface area contributed by atoms with E-state index in [0.717, 1.165) is 28.6 Å². The number of benzene rings is 1. The molecule has 0 saturated heterocycles. The quantitative estimate of drug-likeness (QED) is 0.792. The molecule has 0 aromatic heterocycles. The summed E-state index contributed by atoms with van der Waals surface area (Å²) in [6, 6.07) is 8.49. The van der Waals surface area contributed by atoms with Crippen LogP contribution in [0.1, 0.15) is 52.5 Å². The Morgan fingerprint density at radius 2 is 1.80 bits per heavy atom. The van der Waals surface area contributed by atoms with Crippen LogP contribution in [0.4, 0.5) is 5.69 Å². The highest BCUT2D eigenvalue weighted by molar-refractivity contribution is 9.10. The third-order valence-corrected chi connectivity index (χ3v) is 4.51. The molecule has 0 radical (unpaired) electrons. The Bertz CT molecular complexity index is 524. The van der Waals surface area contributed by atoms with Gasteiger partial charge in [0.1, 0.15) is 6.07 Å². The molecular weight excluding hydrogens is 312 g/mol. The van der Waals surface area contributed by atoms with Crippen molar-refractivity contribution in [2.45, 2.75) is 53.0 Å². The van der Waals surface area contributed by atoms with Crippen LogP contribution in [0, 0.1) is 22.2 Å². The second kappa shape index (κ2) is 5.41. The maximum atomic E-state index is 9.24. The van der Waals surface area contributed by atoms with Gasteiger partial charge in [-0.25, -0.2) is 0 Å². The monoisotopic (exact) mass is 334 g/mol. The fourth-order valence-electron chi connectivity index (χ4n) is 3.90. The molecule has 1 aromatic rings. The predicted molar refractivity (Wildman–Crippen MR) is 87.7 cm³/mol. The average Bonchev–Trinajstić information content (AvgIpc) is 2.24. The van der Waals surface area contributed by atoms with Gasteiger partial charge in [-0.15, -0.1) is 0 Å². The van der Waals surface area contributed by atoms with Gasteiger partial charge in [0.2, 0.25) is 0 Å².